The van der Waals surface area contributed by atoms with E-state index >= 15 is 0 Å². The number of rotatable bonds is 5. The Morgan fingerprint density at radius 1 is 1.12 bits per heavy atom. The van der Waals surface area contributed by atoms with Crippen LogP contribution < -0.4 is 5.32 Å². The Balaban J connectivity index is 2.14. The lowest BCUT2D eigenvalue weighted by atomic mass is 10.1. The number of hydrogen-bond donors (Lipinski definition) is 1. The van der Waals surface area contributed by atoms with Crippen LogP contribution in [0.3, 0.4) is 0 Å². The largest absolute Gasteiger partial charge is 0.347 e. The van der Waals surface area contributed by atoms with E-state index in [1.54, 1.807) is 31.3 Å². The third-order valence-electron chi connectivity index (χ3n) is 4.05. The molecule has 0 aliphatic rings. The van der Waals surface area contributed by atoms with Gasteiger partial charge in [0, 0.05) is 17.4 Å². The summed E-state index contributed by atoms with van der Waals surface area (Å²) >= 11 is 0. The predicted octanol–water partition coefficient (Wildman–Crippen LogP) is 2.96. The van der Waals surface area contributed by atoms with Gasteiger partial charge in [-0.25, -0.2) is 12.8 Å². The van der Waals surface area contributed by atoms with Gasteiger partial charge >= 0.3 is 0 Å². The van der Waals surface area contributed by atoms with Crippen LogP contribution in [0, 0.1) is 5.82 Å². The van der Waals surface area contributed by atoms with Crippen molar-refractivity contribution in [2.45, 2.75) is 37.9 Å². The molecule has 0 radical (unpaired) electrons. The van der Waals surface area contributed by atoms with Crippen molar-refractivity contribution < 1.29 is 12.8 Å². The van der Waals surface area contributed by atoms with E-state index in [-0.39, 0.29) is 22.8 Å². The molecule has 3 aromatic rings. The molecule has 9 heteroatoms. The van der Waals surface area contributed by atoms with Crippen molar-refractivity contribution >= 4 is 21.4 Å². The zero-order chi connectivity index (χ0) is 19.1. The third kappa shape index (κ3) is 3.39. The Morgan fingerprint density at radius 2 is 1.81 bits per heavy atom. The van der Waals surface area contributed by atoms with Gasteiger partial charge in [-0.2, -0.15) is 19.6 Å². The summed E-state index contributed by atoms with van der Waals surface area (Å²) in [5.41, 5.74) is 1.66. The van der Waals surface area contributed by atoms with Crippen LogP contribution in [0.1, 0.15) is 43.9 Å². The first kappa shape index (κ1) is 18.2. The van der Waals surface area contributed by atoms with Gasteiger partial charge in [0.05, 0.1) is 12.2 Å². The summed E-state index contributed by atoms with van der Waals surface area (Å²) in [7, 11) is -3.62. The molecule has 2 aromatic heterocycles. The normalized spacial score (nSPS) is 13.3. The molecule has 0 aliphatic heterocycles. The zero-order valence-corrected chi connectivity index (χ0v) is 15.7. The molecule has 0 bridgehead atoms. The molecule has 2 heterocycles. The topological polar surface area (TPSA) is 89.2 Å². The first-order chi connectivity index (χ1) is 12.2. The molecule has 0 fully saturated rings. The number of aromatic nitrogens is 4. The summed E-state index contributed by atoms with van der Waals surface area (Å²) < 4.78 is 39.5. The van der Waals surface area contributed by atoms with Crippen molar-refractivity contribution in [1.29, 1.82) is 0 Å². The summed E-state index contributed by atoms with van der Waals surface area (Å²) in [6.45, 7) is 5.70. The maximum Gasteiger partial charge on any atom is 0.252 e. The number of nitrogens with one attached hydrogen (secondary N) is 1. The van der Waals surface area contributed by atoms with Gasteiger partial charge < -0.3 is 5.32 Å². The Kier molecular flexibility index (Phi) is 4.66. The van der Waals surface area contributed by atoms with Crippen molar-refractivity contribution in [3.05, 3.63) is 47.4 Å². The number of sulfone groups is 1. The fourth-order valence-electron chi connectivity index (χ4n) is 2.64. The molecular weight excluding hydrogens is 357 g/mol. The number of fused-ring (bicyclic) bond motifs is 1. The Labute approximate surface area is 151 Å². The summed E-state index contributed by atoms with van der Waals surface area (Å²) in [6.07, 6.45) is 2.69. The highest BCUT2D eigenvalue weighted by Crippen LogP contribution is 2.25. The average molecular weight is 377 g/mol. The van der Waals surface area contributed by atoms with Gasteiger partial charge in [-0.1, -0.05) is 32.0 Å². The fourth-order valence-corrected chi connectivity index (χ4v) is 3.14. The molecule has 0 unspecified atom stereocenters. The summed E-state index contributed by atoms with van der Waals surface area (Å²) in [4.78, 5) is 8.28. The van der Waals surface area contributed by atoms with E-state index in [0.29, 0.717) is 11.2 Å². The maximum atomic E-state index is 14.0. The molecule has 26 heavy (non-hydrogen) atoms. The molecule has 0 amide bonds. The minimum absolute atomic E-state index is 0.103. The zero-order valence-electron chi connectivity index (χ0n) is 14.9. The maximum absolute atomic E-state index is 14.0. The van der Waals surface area contributed by atoms with Gasteiger partial charge in [-0.15, -0.1) is 0 Å². The molecule has 0 spiro atoms. The highest BCUT2D eigenvalue weighted by atomic mass is 32.2. The monoisotopic (exact) mass is 377 g/mol. The second kappa shape index (κ2) is 6.64. The molecule has 138 valence electrons. The van der Waals surface area contributed by atoms with E-state index in [4.69, 9.17) is 0 Å². The Morgan fingerprint density at radius 3 is 2.42 bits per heavy atom. The molecule has 1 atom stereocenters. The molecule has 0 saturated carbocycles. The number of halogens is 1. The van der Waals surface area contributed by atoms with Crippen molar-refractivity contribution in [3.63, 3.8) is 0 Å². The highest BCUT2D eigenvalue weighted by Gasteiger charge is 2.21. The predicted molar refractivity (Wildman–Crippen MR) is 96.4 cm³/mol. The first-order valence-electron chi connectivity index (χ1n) is 8.15. The lowest BCUT2D eigenvalue weighted by Gasteiger charge is -2.16. The van der Waals surface area contributed by atoms with Crippen LogP contribution in [0.5, 0.6) is 0 Å². The SMILES string of the molecule is CC(C)c1cnn2c(N[C@@H](C)c3ccccc3F)nc(S(C)(=O)=O)nc12. The van der Waals surface area contributed by atoms with Gasteiger partial charge in [0.2, 0.25) is 15.8 Å². The molecule has 1 N–H and O–H groups in total. The van der Waals surface area contributed by atoms with Gasteiger partial charge in [0.25, 0.3) is 5.16 Å². The van der Waals surface area contributed by atoms with Gasteiger partial charge in [-0.05, 0) is 18.9 Å². The molecule has 1 aromatic carbocycles. The summed E-state index contributed by atoms with van der Waals surface area (Å²) in [5, 5.41) is 7.03. The van der Waals surface area contributed by atoms with E-state index in [0.717, 1.165) is 11.8 Å². The highest BCUT2D eigenvalue weighted by molar-refractivity contribution is 7.90. The quantitative estimate of drug-likeness (QED) is 0.735. The van der Waals surface area contributed by atoms with Gasteiger partial charge in [-0.3, -0.25) is 0 Å². The van der Waals surface area contributed by atoms with Crippen molar-refractivity contribution in [1.82, 2.24) is 19.6 Å². The number of anilines is 1. The van der Waals surface area contributed by atoms with Gasteiger partial charge in [0.15, 0.2) is 5.65 Å². The smallest absolute Gasteiger partial charge is 0.252 e. The van der Waals surface area contributed by atoms with Crippen LogP contribution in [-0.2, 0) is 9.84 Å². The second-order valence-corrected chi connectivity index (χ2v) is 8.39. The lowest BCUT2D eigenvalue weighted by Crippen LogP contribution is -2.16. The number of hydrogen-bond acceptors (Lipinski definition) is 6. The van der Waals surface area contributed by atoms with Crippen molar-refractivity contribution in [2.75, 3.05) is 11.6 Å². The average Bonchev–Trinajstić information content (AvgIpc) is 2.98. The Hall–Kier alpha value is -2.55. The first-order valence-corrected chi connectivity index (χ1v) is 10.0. The van der Waals surface area contributed by atoms with E-state index in [2.05, 4.69) is 20.4 Å². The molecule has 0 aliphatic carbocycles. The van der Waals surface area contributed by atoms with E-state index in [9.17, 15) is 12.8 Å². The minimum atomic E-state index is -3.62. The standard InChI is InChI=1S/C17H20FN5O2S/c1-10(2)13-9-19-23-15(13)21-17(26(4,24)25)22-16(23)20-11(3)12-7-5-6-8-14(12)18/h5-11H,1-4H3,(H,20,21,22)/t11-/m0/s1. The Bertz CT molecular complexity index is 1060. The lowest BCUT2D eigenvalue weighted by molar-refractivity contribution is 0.589. The van der Waals surface area contributed by atoms with Crippen molar-refractivity contribution in [2.24, 2.45) is 0 Å². The van der Waals surface area contributed by atoms with Crippen LogP contribution >= 0.6 is 0 Å². The van der Waals surface area contributed by atoms with Crippen molar-refractivity contribution in [3.8, 4) is 0 Å². The van der Waals surface area contributed by atoms with E-state index in [1.165, 1.54) is 10.6 Å². The fraction of sp³-hybridized carbons (Fsp3) is 0.353. The number of nitrogens with zero attached hydrogens (tertiary/aromatic N) is 4. The van der Waals surface area contributed by atoms with Crippen LogP contribution in [0.2, 0.25) is 0 Å². The van der Waals surface area contributed by atoms with E-state index < -0.39 is 15.9 Å². The summed E-state index contributed by atoms with van der Waals surface area (Å²) in [5.74, 6) is -0.0609. The van der Waals surface area contributed by atoms with Crippen LogP contribution in [0.4, 0.5) is 10.3 Å². The molecule has 0 saturated heterocycles. The van der Waals surface area contributed by atoms with Crippen LogP contribution in [-0.4, -0.2) is 34.3 Å². The molecule has 3 rings (SSSR count). The third-order valence-corrected chi connectivity index (χ3v) is 4.89. The second-order valence-electron chi connectivity index (χ2n) is 6.48. The minimum Gasteiger partial charge on any atom is -0.347 e. The number of benzene rings is 1. The molecule has 7 nitrogen and oxygen atoms in total. The van der Waals surface area contributed by atoms with Gasteiger partial charge in [0.1, 0.15) is 5.82 Å². The van der Waals surface area contributed by atoms with E-state index in [1.807, 2.05) is 13.8 Å². The van der Waals surface area contributed by atoms with Crippen LogP contribution in [0.15, 0.2) is 35.6 Å². The van der Waals surface area contributed by atoms with Crippen LogP contribution in [0.25, 0.3) is 5.65 Å². The summed E-state index contributed by atoms with van der Waals surface area (Å²) in [6, 6.07) is 5.92. The molecular formula is C17H20FN5O2S.